The zero-order valence-corrected chi connectivity index (χ0v) is 21.1. The van der Waals surface area contributed by atoms with E-state index in [9.17, 15) is 13.2 Å². The quantitative estimate of drug-likeness (QED) is 0.313. The van der Waals surface area contributed by atoms with Crippen LogP contribution < -0.4 is 4.72 Å². The van der Waals surface area contributed by atoms with Crippen LogP contribution in [0.2, 0.25) is 5.02 Å². The number of halogens is 1. The van der Waals surface area contributed by atoms with Gasteiger partial charge in [0.15, 0.2) is 0 Å². The number of allylic oxidation sites excluding steroid dienone is 1. The Balaban J connectivity index is 1.61. The summed E-state index contributed by atoms with van der Waals surface area (Å²) in [7, 11) is -3.86. The zero-order valence-electron chi connectivity index (χ0n) is 19.5. The van der Waals surface area contributed by atoms with Crippen molar-refractivity contribution in [3.63, 3.8) is 0 Å². The Morgan fingerprint density at radius 1 is 1.06 bits per heavy atom. The molecule has 0 fully saturated rings. The molecule has 0 saturated heterocycles. The number of amides is 1. The molecule has 35 heavy (non-hydrogen) atoms. The number of benzene rings is 3. The molecule has 0 aliphatic rings. The first-order chi connectivity index (χ1) is 16.8. The van der Waals surface area contributed by atoms with Gasteiger partial charge in [0.05, 0.1) is 17.8 Å². The van der Waals surface area contributed by atoms with Crippen molar-refractivity contribution < 1.29 is 13.2 Å². The number of fused-ring (bicyclic) bond motifs is 1. The highest BCUT2D eigenvalue weighted by Crippen LogP contribution is 2.28. The number of sulfonamides is 1. The lowest BCUT2D eigenvalue weighted by Gasteiger charge is -2.10. The fraction of sp³-hybridized carbons (Fsp3) is 0.185. The molecule has 6 nitrogen and oxygen atoms in total. The summed E-state index contributed by atoms with van der Waals surface area (Å²) >= 11 is 6.62. The van der Waals surface area contributed by atoms with Crippen molar-refractivity contribution in [3.05, 3.63) is 100 Å². The number of aryl methyl sites for hydroxylation is 1. The Morgan fingerprint density at radius 3 is 2.54 bits per heavy atom. The van der Waals surface area contributed by atoms with Crippen molar-refractivity contribution in [2.45, 2.75) is 33.2 Å². The molecule has 0 saturated carbocycles. The molecule has 1 aromatic heterocycles. The lowest BCUT2D eigenvalue weighted by molar-refractivity contribution is 0.0982. The molecule has 0 spiro atoms. The van der Waals surface area contributed by atoms with E-state index in [1.165, 1.54) is 6.08 Å². The Morgan fingerprint density at radius 2 is 1.83 bits per heavy atom. The first-order valence-electron chi connectivity index (χ1n) is 11.3. The summed E-state index contributed by atoms with van der Waals surface area (Å²) in [4.78, 5) is 12.7. The molecule has 180 valence electrons. The minimum Gasteiger partial charge on any atom is -0.268 e. The number of hydrogen-bond acceptors (Lipinski definition) is 4. The monoisotopic (exact) mass is 507 g/mol. The second-order valence-electron chi connectivity index (χ2n) is 8.28. The van der Waals surface area contributed by atoms with Gasteiger partial charge < -0.3 is 0 Å². The van der Waals surface area contributed by atoms with Crippen LogP contribution in [-0.4, -0.2) is 24.1 Å². The molecule has 0 bridgehead atoms. The molecular formula is C27H26ClN3O3S. The maximum atomic E-state index is 12.7. The normalized spacial score (nSPS) is 11.9. The highest BCUT2D eigenvalue weighted by molar-refractivity contribution is 7.92. The standard InChI is InChI=1S/C27H26ClN3O3S/c1-3-4-8-15-35(33,34)30-27(32)22-13-14-24-19(2)29-31(26(24)17-22)18-23-12-11-21(16-25(23)28)20-9-6-5-7-10-20/h5-17H,3-4,18H2,1-2H3,(H,30,32). The SMILES string of the molecule is CCCC=CS(=O)(=O)NC(=O)c1ccc2c(C)nn(Cc3ccc(-c4ccccc4)cc3Cl)c2c1. The van der Waals surface area contributed by atoms with Crippen molar-refractivity contribution >= 4 is 38.4 Å². The van der Waals surface area contributed by atoms with Gasteiger partial charge in [-0.05, 0) is 48.2 Å². The number of carbonyl (C=O) groups is 1. The number of carbonyl (C=O) groups excluding carboxylic acids is 1. The number of nitrogens with one attached hydrogen (secondary N) is 1. The van der Waals surface area contributed by atoms with Gasteiger partial charge in [-0.2, -0.15) is 5.10 Å². The van der Waals surface area contributed by atoms with Crippen molar-refractivity contribution in [1.82, 2.24) is 14.5 Å². The van der Waals surface area contributed by atoms with Crippen LogP contribution in [0, 0.1) is 6.92 Å². The molecular weight excluding hydrogens is 482 g/mol. The van der Waals surface area contributed by atoms with Crippen molar-refractivity contribution in [3.8, 4) is 11.1 Å². The zero-order chi connectivity index (χ0) is 25.0. The fourth-order valence-corrected chi connectivity index (χ4v) is 4.91. The van der Waals surface area contributed by atoms with E-state index < -0.39 is 15.9 Å². The molecule has 1 N–H and O–H groups in total. The first kappa shape index (κ1) is 24.7. The predicted octanol–water partition coefficient (Wildman–Crippen LogP) is 6.09. The van der Waals surface area contributed by atoms with E-state index in [1.54, 1.807) is 22.9 Å². The lowest BCUT2D eigenvalue weighted by Crippen LogP contribution is -2.28. The average Bonchev–Trinajstić information content (AvgIpc) is 3.15. The molecule has 1 amide bonds. The van der Waals surface area contributed by atoms with Gasteiger partial charge in [0.25, 0.3) is 15.9 Å². The molecule has 3 aromatic carbocycles. The van der Waals surface area contributed by atoms with Crippen molar-refractivity contribution in [2.75, 3.05) is 0 Å². The second kappa shape index (κ2) is 10.5. The Kier molecular flexibility index (Phi) is 7.38. The largest absolute Gasteiger partial charge is 0.268 e. The van der Waals surface area contributed by atoms with Crippen LogP contribution in [0.25, 0.3) is 22.0 Å². The summed E-state index contributed by atoms with van der Waals surface area (Å²) in [6.45, 7) is 4.24. The maximum absolute atomic E-state index is 12.7. The van der Waals surface area contributed by atoms with Gasteiger partial charge in [0.1, 0.15) is 0 Å². The summed E-state index contributed by atoms with van der Waals surface area (Å²) < 4.78 is 28.2. The summed E-state index contributed by atoms with van der Waals surface area (Å²) in [5.74, 6) is -0.691. The van der Waals surface area contributed by atoms with Gasteiger partial charge in [0.2, 0.25) is 0 Å². The third-order valence-corrected chi connectivity index (χ3v) is 7.02. The van der Waals surface area contributed by atoms with E-state index in [-0.39, 0.29) is 5.56 Å². The van der Waals surface area contributed by atoms with E-state index in [0.29, 0.717) is 18.0 Å². The van der Waals surface area contributed by atoms with Crippen LogP contribution in [0.4, 0.5) is 0 Å². The minimum absolute atomic E-state index is 0.233. The molecule has 0 atom stereocenters. The van der Waals surface area contributed by atoms with Crippen molar-refractivity contribution in [1.29, 1.82) is 0 Å². The fourth-order valence-electron chi connectivity index (χ4n) is 3.83. The average molecular weight is 508 g/mol. The topological polar surface area (TPSA) is 81.1 Å². The molecule has 0 radical (unpaired) electrons. The Labute approximate surface area is 210 Å². The van der Waals surface area contributed by atoms with Crippen LogP contribution >= 0.6 is 11.6 Å². The number of rotatable bonds is 8. The molecule has 4 aromatic rings. The van der Waals surface area contributed by atoms with Crippen LogP contribution in [-0.2, 0) is 16.6 Å². The van der Waals surface area contributed by atoms with Gasteiger partial charge in [-0.1, -0.05) is 79.6 Å². The van der Waals surface area contributed by atoms with Gasteiger partial charge >= 0.3 is 0 Å². The third kappa shape index (κ3) is 5.81. The highest BCUT2D eigenvalue weighted by atomic mass is 35.5. The number of aromatic nitrogens is 2. The summed E-state index contributed by atoms with van der Waals surface area (Å²) in [5.41, 5.74) is 4.74. The number of unbranched alkanes of at least 4 members (excludes halogenated alkanes) is 1. The molecule has 1 heterocycles. The van der Waals surface area contributed by atoms with E-state index in [0.717, 1.165) is 45.1 Å². The molecule has 4 rings (SSSR count). The first-order valence-corrected chi connectivity index (χ1v) is 13.2. The third-order valence-electron chi connectivity index (χ3n) is 5.64. The smallest absolute Gasteiger partial charge is 0.265 e. The summed E-state index contributed by atoms with van der Waals surface area (Å²) in [6.07, 6.45) is 2.97. The van der Waals surface area contributed by atoms with Crippen LogP contribution in [0.5, 0.6) is 0 Å². The van der Waals surface area contributed by atoms with E-state index in [2.05, 4.69) is 9.82 Å². The Bertz CT molecular complexity index is 1510. The van der Waals surface area contributed by atoms with Gasteiger partial charge in [-0.3, -0.25) is 9.48 Å². The second-order valence-corrected chi connectivity index (χ2v) is 10.3. The summed E-state index contributed by atoms with van der Waals surface area (Å²) in [6, 6.07) is 21.0. The van der Waals surface area contributed by atoms with Gasteiger partial charge in [-0.15, -0.1) is 0 Å². The van der Waals surface area contributed by atoms with Gasteiger partial charge in [0, 0.05) is 21.4 Å². The number of nitrogens with zero attached hydrogens (tertiary/aromatic N) is 2. The van der Waals surface area contributed by atoms with Crippen LogP contribution in [0.1, 0.15) is 41.4 Å². The minimum atomic E-state index is -3.86. The van der Waals surface area contributed by atoms with Crippen LogP contribution in [0.3, 0.4) is 0 Å². The van der Waals surface area contributed by atoms with E-state index >= 15 is 0 Å². The maximum Gasteiger partial charge on any atom is 0.265 e. The lowest BCUT2D eigenvalue weighted by atomic mass is 10.0. The summed E-state index contributed by atoms with van der Waals surface area (Å²) in [5, 5.41) is 7.15. The van der Waals surface area contributed by atoms with Crippen LogP contribution in [0.15, 0.2) is 78.2 Å². The highest BCUT2D eigenvalue weighted by Gasteiger charge is 2.16. The van der Waals surface area contributed by atoms with Gasteiger partial charge in [-0.25, -0.2) is 13.1 Å². The van der Waals surface area contributed by atoms with E-state index in [1.807, 2.05) is 62.4 Å². The predicted molar refractivity (Wildman–Crippen MR) is 141 cm³/mol. The van der Waals surface area contributed by atoms with E-state index in [4.69, 9.17) is 11.6 Å². The Hall–Kier alpha value is -3.42. The molecule has 0 aliphatic heterocycles. The molecule has 0 unspecified atom stereocenters. The molecule has 8 heteroatoms. The van der Waals surface area contributed by atoms with Crippen molar-refractivity contribution in [2.24, 2.45) is 0 Å². The number of hydrogen-bond donors (Lipinski definition) is 1. The molecule has 0 aliphatic carbocycles.